The molecule has 0 fully saturated rings. The molecule has 0 aliphatic carbocycles. The van der Waals surface area contributed by atoms with Crippen molar-refractivity contribution in [2.24, 2.45) is 5.73 Å². The van der Waals surface area contributed by atoms with Gasteiger partial charge in [0.15, 0.2) is 6.10 Å². The van der Waals surface area contributed by atoms with Crippen LogP contribution in [0.5, 0.6) is 0 Å². The Morgan fingerprint density at radius 1 is 1.32 bits per heavy atom. The molecule has 9 nitrogen and oxygen atoms in total. The zero-order valence-corrected chi connectivity index (χ0v) is 18.5. The van der Waals surface area contributed by atoms with E-state index < -0.39 is 12.1 Å². The van der Waals surface area contributed by atoms with E-state index in [1.807, 2.05) is 0 Å². The molecule has 34 heavy (non-hydrogen) atoms. The third-order valence-corrected chi connectivity index (χ3v) is 6.47. The number of carbonyl (C=O) groups excluding carboxylic acids is 2. The molecule has 4 N–H and O–H groups in total. The summed E-state index contributed by atoms with van der Waals surface area (Å²) in [5, 5.41) is 13.8. The molecule has 1 amide bonds. The van der Waals surface area contributed by atoms with Gasteiger partial charge >= 0.3 is 5.97 Å². The van der Waals surface area contributed by atoms with Crippen molar-refractivity contribution in [3.05, 3.63) is 62.2 Å². The second-order valence-electron chi connectivity index (χ2n) is 8.56. The number of esters is 1. The van der Waals surface area contributed by atoms with Gasteiger partial charge in [-0.2, -0.15) is 0 Å². The molecule has 0 bridgehead atoms. The van der Waals surface area contributed by atoms with Crippen molar-refractivity contribution in [1.82, 2.24) is 14.9 Å². The number of nitrogens with two attached hydrogens (primary N) is 1. The first kappa shape index (κ1) is 22.2. The number of amides is 1. The molecule has 0 radical (unpaired) electrons. The second-order valence-corrected chi connectivity index (χ2v) is 8.56. The number of nitrogens with zero attached hydrogens (tertiary/aromatic N) is 2. The molecular weight excluding hydrogens is 443 g/mol. The lowest BCUT2D eigenvalue weighted by atomic mass is 9.95. The Morgan fingerprint density at radius 3 is 2.88 bits per heavy atom. The Bertz CT molecular complexity index is 1430. The van der Waals surface area contributed by atoms with Crippen LogP contribution in [0.3, 0.4) is 0 Å². The Morgan fingerprint density at radius 2 is 2.12 bits per heavy atom. The topological polar surface area (TPSA) is 137 Å². The van der Waals surface area contributed by atoms with Gasteiger partial charge in [-0.25, -0.2) is 14.2 Å². The molecule has 3 aromatic rings. The SMILES string of the molecule is Cc1cc2c(CCCNC(=O)CN)c3c(nc2cc1F)-c1cc2c(c(=O)n1C3)COC(=O)[C@H]2O. The predicted molar refractivity (Wildman–Crippen MR) is 120 cm³/mol. The fourth-order valence-corrected chi connectivity index (χ4v) is 4.69. The first-order valence-electron chi connectivity index (χ1n) is 11.0. The monoisotopic (exact) mass is 466 g/mol. The number of cyclic esters (lactones) is 1. The zero-order chi connectivity index (χ0) is 24.1. The number of hydrogen-bond acceptors (Lipinski definition) is 7. The summed E-state index contributed by atoms with van der Waals surface area (Å²) in [6.45, 7) is 2.06. The zero-order valence-electron chi connectivity index (χ0n) is 18.5. The number of halogens is 1. The van der Waals surface area contributed by atoms with E-state index in [-0.39, 0.29) is 48.1 Å². The number of fused-ring (bicyclic) bond motifs is 5. The molecule has 0 saturated carbocycles. The molecule has 176 valence electrons. The third kappa shape index (κ3) is 3.46. The van der Waals surface area contributed by atoms with Crippen LogP contribution in [0, 0.1) is 12.7 Å². The van der Waals surface area contributed by atoms with Crippen LogP contribution < -0.4 is 16.6 Å². The van der Waals surface area contributed by atoms with Gasteiger partial charge in [0.1, 0.15) is 12.4 Å². The summed E-state index contributed by atoms with van der Waals surface area (Å²) in [6.07, 6.45) is -0.377. The summed E-state index contributed by atoms with van der Waals surface area (Å²) < 4.78 is 20.9. The number of benzene rings is 1. The molecule has 5 rings (SSSR count). The van der Waals surface area contributed by atoms with Crippen molar-refractivity contribution in [2.45, 2.75) is 39.0 Å². The molecule has 2 aliphatic heterocycles. The number of rotatable bonds is 5. The average Bonchev–Trinajstić information content (AvgIpc) is 3.18. The van der Waals surface area contributed by atoms with Crippen molar-refractivity contribution in [1.29, 1.82) is 0 Å². The van der Waals surface area contributed by atoms with Gasteiger partial charge in [-0.15, -0.1) is 0 Å². The van der Waals surface area contributed by atoms with Crippen molar-refractivity contribution in [3.63, 3.8) is 0 Å². The van der Waals surface area contributed by atoms with E-state index >= 15 is 0 Å². The van der Waals surface area contributed by atoms with E-state index in [1.54, 1.807) is 23.6 Å². The number of aliphatic hydroxyl groups is 1. The van der Waals surface area contributed by atoms with E-state index in [9.17, 15) is 23.9 Å². The highest BCUT2D eigenvalue weighted by molar-refractivity contribution is 5.89. The Kier molecular flexibility index (Phi) is 5.41. The van der Waals surface area contributed by atoms with Crippen LogP contribution in [0.25, 0.3) is 22.3 Å². The second kappa shape index (κ2) is 8.30. The van der Waals surface area contributed by atoms with Crippen molar-refractivity contribution >= 4 is 22.8 Å². The summed E-state index contributed by atoms with van der Waals surface area (Å²) in [7, 11) is 0. The maximum Gasteiger partial charge on any atom is 0.340 e. The van der Waals surface area contributed by atoms with Crippen LogP contribution in [-0.4, -0.2) is 39.6 Å². The van der Waals surface area contributed by atoms with Crippen LogP contribution in [0.15, 0.2) is 23.0 Å². The van der Waals surface area contributed by atoms with Crippen molar-refractivity contribution in [3.8, 4) is 11.4 Å². The minimum Gasteiger partial charge on any atom is -0.458 e. The van der Waals surface area contributed by atoms with Gasteiger partial charge in [-0.1, -0.05) is 0 Å². The lowest BCUT2D eigenvalue weighted by molar-refractivity contribution is -0.157. The standard InChI is InChI=1S/C24H23FN4O5/c1-11-5-13-12(3-2-4-27-20(30)8-26)15-9-29-19(21(15)28-18(13)7-17(11)25)6-14-16(23(29)32)10-34-24(33)22(14)31/h5-7,22,31H,2-4,8-10,26H2,1H3,(H,27,30)/t22-/m0/s1. The molecule has 1 atom stereocenters. The Labute approximate surface area is 193 Å². The molecule has 4 heterocycles. The van der Waals surface area contributed by atoms with Crippen LogP contribution >= 0.6 is 0 Å². The number of hydrogen-bond donors (Lipinski definition) is 3. The van der Waals surface area contributed by atoms with E-state index in [4.69, 9.17) is 10.5 Å². The van der Waals surface area contributed by atoms with Crippen LogP contribution in [0.4, 0.5) is 4.39 Å². The molecule has 10 heteroatoms. The lowest BCUT2D eigenvalue weighted by Crippen LogP contribution is -2.32. The van der Waals surface area contributed by atoms with E-state index in [0.29, 0.717) is 41.9 Å². The predicted octanol–water partition coefficient (Wildman–Crippen LogP) is 0.970. The normalized spacial score (nSPS) is 16.1. The maximum atomic E-state index is 14.4. The fourth-order valence-electron chi connectivity index (χ4n) is 4.69. The Hall–Kier alpha value is -3.63. The number of aryl methyl sites for hydroxylation is 2. The van der Waals surface area contributed by atoms with Gasteiger partial charge in [0.05, 0.1) is 35.6 Å². The highest BCUT2D eigenvalue weighted by atomic mass is 19.1. The van der Waals surface area contributed by atoms with Gasteiger partial charge < -0.3 is 25.5 Å². The van der Waals surface area contributed by atoms with Crippen LogP contribution in [0.2, 0.25) is 0 Å². The summed E-state index contributed by atoms with van der Waals surface area (Å²) in [6, 6.07) is 4.72. The molecular formula is C24H23FN4O5. The first-order chi connectivity index (χ1) is 16.3. The number of ether oxygens (including phenoxy) is 1. The minimum absolute atomic E-state index is 0.0903. The van der Waals surface area contributed by atoms with Crippen LogP contribution in [-0.2, 0) is 33.9 Å². The minimum atomic E-state index is -1.54. The van der Waals surface area contributed by atoms with Gasteiger partial charge in [0, 0.05) is 29.1 Å². The largest absolute Gasteiger partial charge is 0.458 e. The number of nitrogens with one attached hydrogen (secondary N) is 1. The molecule has 2 aliphatic rings. The van der Waals surface area contributed by atoms with E-state index in [0.717, 1.165) is 16.5 Å². The Balaban J connectivity index is 1.65. The highest BCUT2D eigenvalue weighted by Crippen LogP contribution is 2.38. The summed E-state index contributed by atoms with van der Waals surface area (Å²) >= 11 is 0. The van der Waals surface area contributed by atoms with E-state index in [1.165, 1.54) is 6.07 Å². The highest BCUT2D eigenvalue weighted by Gasteiger charge is 2.34. The summed E-state index contributed by atoms with van der Waals surface area (Å²) in [4.78, 5) is 41.2. The molecule has 2 aromatic heterocycles. The number of aliphatic hydroxyl groups excluding tert-OH is 1. The van der Waals surface area contributed by atoms with Crippen molar-refractivity contribution < 1.29 is 23.8 Å². The summed E-state index contributed by atoms with van der Waals surface area (Å²) in [5.41, 5.74) is 9.08. The van der Waals surface area contributed by atoms with Gasteiger partial charge in [0.2, 0.25) is 5.91 Å². The van der Waals surface area contributed by atoms with E-state index in [2.05, 4.69) is 10.3 Å². The smallest absolute Gasteiger partial charge is 0.340 e. The van der Waals surface area contributed by atoms with Gasteiger partial charge in [-0.3, -0.25) is 9.59 Å². The number of aromatic nitrogens is 2. The lowest BCUT2D eigenvalue weighted by Gasteiger charge is -2.21. The number of carbonyl (C=O) groups is 2. The quantitative estimate of drug-likeness (QED) is 0.294. The number of pyridine rings is 2. The van der Waals surface area contributed by atoms with Gasteiger partial charge in [-0.05, 0) is 43.0 Å². The van der Waals surface area contributed by atoms with Gasteiger partial charge in [0.25, 0.3) is 5.56 Å². The molecule has 1 aromatic carbocycles. The summed E-state index contributed by atoms with van der Waals surface area (Å²) in [5.74, 6) is -1.44. The first-order valence-corrected chi connectivity index (χ1v) is 11.0. The molecule has 0 unspecified atom stereocenters. The fraction of sp³-hybridized carbons (Fsp3) is 0.333. The third-order valence-electron chi connectivity index (χ3n) is 6.47. The maximum absolute atomic E-state index is 14.4. The van der Waals surface area contributed by atoms with Crippen LogP contribution in [0.1, 0.15) is 40.3 Å². The molecule has 0 spiro atoms. The average molecular weight is 466 g/mol. The molecule has 0 saturated heterocycles. The van der Waals surface area contributed by atoms with Crippen molar-refractivity contribution in [2.75, 3.05) is 13.1 Å².